The standard InChI is InChI=1S/C8H12F2N4/c1-2-3-14-7(4-11-12-14)13-5-8(9,10)6-13/h4H,2-3,5-6H2,1H3. The molecule has 1 saturated heterocycles. The van der Waals surface area contributed by atoms with Crippen LogP contribution in [0.3, 0.4) is 0 Å². The first-order chi connectivity index (χ1) is 6.62. The smallest absolute Gasteiger partial charge is 0.282 e. The van der Waals surface area contributed by atoms with Crippen molar-refractivity contribution in [3.05, 3.63) is 6.20 Å². The van der Waals surface area contributed by atoms with Gasteiger partial charge in [-0.3, -0.25) is 0 Å². The summed E-state index contributed by atoms with van der Waals surface area (Å²) in [6.45, 7) is 2.29. The molecule has 0 radical (unpaired) electrons. The van der Waals surface area contributed by atoms with Gasteiger partial charge in [-0.1, -0.05) is 12.1 Å². The van der Waals surface area contributed by atoms with Crippen molar-refractivity contribution in [1.29, 1.82) is 0 Å². The third kappa shape index (κ3) is 1.56. The second kappa shape index (κ2) is 3.18. The van der Waals surface area contributed by atoms with Gasteiger partial charge in [0, 0.05) is 6.54 Å². The molecule has 0 saturated carbocycles. The molecule has 0 amide bonds. The Morgan fingerprint density at radius 2 is 2.21 bits per heavy atom. The van der Waals surface area contributed by atoms with Gasteiger partial charge in [0.05, 0.1) is 19.3 Å². The molecule has 1 aromatic heterocycles. The Morgan fingerprint density at radius 3 is 2.79 bits per heavy atom. The van der Waals surface area contributed by atoms with E-state index >= 15 is 0 Å². The van der Waals surface area contributed by atoms with Gasteiger partial charge in [-0.05, 0) is 6.42 Å². The van der Waals surface area contributed by atoms with Crippen molar-refractivity contribution < 1.29 is 8.78 Å². The zero-order valence-corrected chi connectivity index (χ0v) is 7.95. The lowest BCUT2D eigenvalue weighted by molar-refractivity contribution is -0.0271. The molecule has 1 aliphatic heterocycles. The third-order valence-corrected chi connectivity index (χ3v) is 2.20. The molecule has 0 N–H and O–H groups in total. The van der Waals surface area contributed by atoms with Crippen LogP contribution < -0.4 is 4.90 Å². The number of aromatic nitrogens is 3. The van der Waals surface area contributed by atoms with Crippen molar-refractivity contribution in [2.75, 3.05) is 18.0 Å². The summed E-state index contributed by atoms with van der Waals surface area (Å²) in [5.41, 5.74) is 0. The maximum atomic E-state index is 12.6. The molecule has 2 rings (SSSR count). The summed E-state index contributed by atoms with van der Waals surface area (Å²) in [5, 5.41) is 7.55. The molecule has 0 aliphatic carbocycles. The van der Waals surface area contributed by atoms with E-state index < -0.39 is 5.92 Å². The molecular formula is C8H12F2N4. The number of hydrogen-bond acceptors (Lipinski definition) is 3. The van der Waals surface area contributed by atoms with E-state index in [-0.39, 0.29) is 13.1 Å². The summed E-state index contributed by atoms with van der Waals surface area (Å²) < 4.78 is 26.9. The van der Waals surface area contributed by atoms with Crippen LogP contribution in [0.4, 0.5) is 14.6 Å². The van der Waals surface area contributed by atoms with E-state index in [1.165, 1.54) is 6.20 Å². The highest BCUT2D eigenvalue weighted by Gasteiger charge is 2.45. The van der Waals surface area contributed by atoms with Crippen LogP contribution in [0.1, 0.15) is 13.3 Å². The molecule has 0 bridgehead atoms. The number of hydrogen-bond donors (Lipinski definition) is 0. The van der Waals surface area contributed by atoms with Crippen LogP contribution in [0, 0.1) is 0 Å². The largest absolute Gasteiger partial charge is 0.343 e. The van der Waals surface area contributed by atoms with E-state index in [2.05, 4.69) is 10.3 Å². The van der Waals surface area contributed by atoms with Crippen LogP contribution in [0.2, 0.25) is 0 Å². The van der Waals surface area contributed by atoms with Gasteiger partial charge in [-0.2, -0.15) is 0 Å². The van der Waals surface area contributed by atoms with Gasteiger partial charge in [0.1, 0.15) is 5.82 Å². The maximum Gasteiger partial charge on any atom is 0.282 e. The van der Waals surface area contributed by atoms with Crippen molar-refractivity contribution in [3.63, 3.8) is 0 Å². The molecule has 1 aromatic rings. The van der Waals surface area contributed by atoms with Gasteiger partial charge >= 0.3 is 0 Å². The fourth-order valence-corrected chi connectivity index (χ4v) is 1.54. The van der Waals surface area contributed by atoms with Crippen molar-refractivity contribution in [1.82, 2.24) is 15.0 Å². The first-order valence-electron chi connectivity index (χ1n) is 4.63. The summed E-state index contributed by atoms with van der Waals surface area (Å²) in [5.74, 6) is -1.85. The number of aryl methyl sites for hydroxylation is 1. The summed E-state index contributed by atoms with van der Waals surface area (Å²) >= 11 is 0. The first kappa shape index (κ1) is 9.36. The molecule has 0 unspecified atom stereocenters. The molecule has 1 aliphatic rings. The Bertz CT molecular complexity index is 315. The number of nitrogens with zero attached hydrogens (tertiary/aromatic N) is 4. The van der Waals surface area contributed by atoms with E-state index in [1.54, 1.807) is 9.58 Å². The molecule has 4 nitrogen and oxygen atoms in total. The van der Waals surface area contributed by atoms with Crippen LogP contribution >= 0.6 is 0 Å². The van der Waals surface area contributed by atoms with E-state index in [9.17, 15) is 8.78 Å². The molecule has 14 heavy (non-hydrogen) atoms. The van der Waals surface area contributed by atoms with Crippen LogP contribution in [0.25, 0.3) is 0 Å². The lowest BCUT2D eigenvalue weighted by Crippen LogP contribution is -2.57. The maximum absolute atomic E-state index is 12.6. The summed E-state index contributed by atoms with van der Waals surface area (Å²) in [7, 11) is 0. The van der Waals surface area contributed by atoms with Crippen LogP contribution in [0.5, 0.6) is 0 Å². The Balaban J connectivity index is 2.06. The van der Waals surface area contributed by atoms with Crippen molar-refractivity contribution in [3.8, 4) is 0 Å². The van der Waals surface area contributed by atoms with E-state index in [4.69, 9.17) is 0 Å². The van der Waals surface area contributed by atoms with Crippen LogP contribution in [-0.2, 0) is 6.54 Å². The average Bonchev–Trinajstić information content (AvgIpc) is 2.48. The van der Waals surface area contributed by atoms with Gasteiger partial charge in [-0.15, -0.1) is 5.10 Å². The van der Waals surface area contributed by atoms with Crippen molar-refractivity contribution in [2.45, 2.75) is 25.8 Å². The Morgan fingerprint density at radius 1 is 1.50 bits per heavy atom. The molecule has 0 spiro atoms. The molecule has 0 atom stereocenters. The van der Waals surface area contributed by atoms with Crippen LogP contribution in [0.15, 0.2) is 6.20 Å². The van der Waals surface area contributed by atoms with Gasteiger partial charge in [0.15, 0.2) is 0 Å². The number of anilines is 1. The minimum Gasteiger partial charge on any atom is -0.343 e. The monoisotopic (exact) mass is 202 g/mol. The Kier molecular flexibility index (Phi) is 2.13. The second-order valence-corrected chi connectivity index (χ2v) is 3.53. The quantitative estimate of drug-likeness (QED) is 0.737. The zero-order valence-electron chi connectivity index (χ0n) is 7.95. The minimum absolute atomic E-state index is 0.218. The second-order valence-electron chi connectivity index (χ2n) is 3.53. The van der Waals surface area contributed by atoms with Gasteiger partial charge < -0.3 is 4.90 Å². The predicted octanol–water partition coefficient (Wildman–Crippen LogP) is 1.14. The molecule has 1 fully saturated rings. The van der Waals surface area contributed by atoms with E-state index in [0.29, 0.717) is 5.82 Å². The number of halogens is 2. The highest BCUT2D eigenvalue weighted by molar-refractivity contribution is 5.41. The highest BCUT2D eigenvalue weighted by Crippen LogP contribution is 2.30. The SMILES string of the molecule is CCCn1nncc1N1CC(F)(F)C1. The molecule has 6 heteroatoms. The van der Waals surface area contributed by atoms with Crippen molar-refractivity contribution in [2.24, 2.45) is 0 Å². The summed E-state index contributed by atoms with van der Waals surface area (Å²) in [6, 6.07) is 0. The molecular weight excluding hydrogens is 190 g/mol. The molecule has 0 aromatic carbocycles. The normalized spacial score (nSPS) is 19.5. The predicted molar refractivity (Wildman–Crippen MR) is 47.5 cm³/mol. The fraction of sp³-hybridized carbons (Fsp3) is 0.750. The molecule has 2 heterocycles. The van der Waals surface area contributed by atoms with E-state index in [0.717, 1.165) is 13.0 Å². The lowest BCUT2D eigenvalue weighted by Gasteiger charge is -2.39. The topological polar surface area (TPSA) is 34.0 Å². The molecule has 78 valence electrons. The summed E-state index contributed by atoms with van der Waals surface area (Å²) in [4.78, 5) is 1.59. The van der Waals surface area contributed by atoms with Gasteiger partial charge in [0.2, 0.25) is 0 Å². The number of rotatable bonds is 3. The first-order valence-corrected chi connectivity index (χ1v) is 4.63. The Hall–Kier alpha value is -1.20. The Labute approximate surface area is 80.5 Å². The lowest BCUT2D eigenvalue weighted by atomic mass is 10.1. The third-order valence-electron chi connectivity index (χ3n) is 2.20. The van der Waals surface area contributed by atoms with Gasteiger partial charge in [0.25, 0.3) is 5.92 Å². The minimum atomic E-state index is -2.54. The fourth-order valence-electron chi connectivity index (χ4n) is 1.54. The van der Waals surface area contributed by atoms with Crippen LogP contribution in [-0.4, -0.2) is 34.0 Å². The summed E-state index contributed by atoms with van der Waals surface area (Å²) in [6.07, 6.45) is 2.45. The highest BCUT2D eigenvalue weighted by atomic mass is 19.3. The number of alkyl halides is 2. The average molecular weight is 202 g/mol. The van der Waals surface area contributed by atoms with Crippen molar-refractivity contribution >= 4 is 5.82 Å². The van der Waals surface area contributed by atoms with Gasteiger partial charge in [-0.25, -0.2) is 13.5 Å². The van der Waals surface area contributed by atoms with E-state index in [1.807, 2.05) is 6.92 Å². The zero-order chi connectivity index (χ0) is 10.2.